The van der Waals surface area contributed by atoms with Crippen LogP contribution in [0.25, 0.3) is 0 Å². The third-order valence-corrected chi connectivity index (χ3v) is 3.75. The van der Waals surface area contributed by atoms with Crippen LogP contribution in [0.1, 0.15) is 33.6 Å². The predicted molar refractivity (Wildman–Crippen MR) is 71.0 cm³/mol. The molecule has 6 heteroatoms. The first kappa shape index (κ1) is 15.8. The van der Waals surface area contributed by atoms with Gasteiger partial charge in [-0.25, -0.2) is 9.59 Å². The van der Waals surface area contributed by atoms with E-state index in [1.54, 1.807) is 18.9 Å². The second kappa shape index (κ2) is 6.23. The summed E-state index contributed by atoms with van der Waals surface area (Å²) in [6.45, 7) is 6.26. The molecule has 1 saturated carbocycles. The Kier molecular flexibility index (Phi) is 5.17. The summed E-state index contributed by atoms with van der Waals surface area (Å²) in [5.41, 5.74) is -1.17. The zero-order chi connectivity index (χ0) is 14.6. The van der Waals surface area contributed by atoms with Crippen LogP contribution in [-0.2, 0) is 9.53 Å². The summed E-state index contributed by atoms with van der Waals surface area (Å²) in [6, 6.07) is -0.434. The van der Waals surface area contributed by atoms with Gasteiger partial charge in [-0.3, -0.25) is 0 Å². The molecule has 0 bridgehead atoms. The zero-order valence-corrected chi connectivity index (χ0v) is 12.1. The summed E-state index contributed by atoms with van der Waals surface area (Å²) in [6.07, 6.45) is 1.70. The third kappa shape index (κ3) is 3.59. The SMILES string of the molecule is CCN(C(=O)NC(C)(C(=O)O)C1CC1)C(C)COC. The van der Waals surface area contributed by atoms with E-state index in [2.05, 4.69) is 5.32 Å². The number of nitrogens with zero attached hydrogens (tertiary/aromatic N) is 1. The third-order valence-electron chi connectivity index (χ3n) is 3.75. The minimum atomic E-state index is -1.17. The molecule has 0 spiro atoms. The molecule has 19 heavy (non-hydrogen) atoms. The van der Waals surface area contributed by atoms with Crippen LogP contribution in [0.4, 0.5) is 4.79 Å². The van der Waals surface area contributed by atoms with Crippen LogP contribution >= 0.6 is 0 Å². The molecule has 0 aromatic carbocycles. The van der Waals surface area contributed by atoms with E-state index in [1.807, 2.05) is 13.8 Å². The van der Waals surface area contributed by atoms with Crippen molar-refractivity contribution >= 4 is 12.0 Å². The van der Waals surface area contributed by atoms with Gasteiger partial charge in [-0.2, -0.15) is 0 Å². The molecule has 0 aromatic heterocycles. The summed E-state index contributed by atoms with van der Waals surface area (Å²) < 4.78 is 5.04. The van der Waals surface area contributed by atoms with Gasteiger partial charge < -0.3 is 20.1 Å². The van der Waals surface area contributed by atoms with E-state index in [0.29, 0.717) is 13.2 Å². The molecule has 110 valence electrons. The van der Waals surface area contributed by atoms with E-state index < -0.39 is 11.5 Å². The molecule has 0 heterocycles. The normalized spacial score (nSPS) is 19.4. The zero-order valence-electron chi connectivity index (χ0n) is 12.1. The first-order valence-electron chi connectivity index (χ1n) is 6.67. The smallest absolute Gasteiger partial charge is 0.329 e. The number of rotatable bonds is 7. The molecule has 6 nitrogen and oxygen atoms in total. The average Bonchev–Trinajstić information content (AvgIpc) is 3.13. The molecule has 1 fully saturated rings. The van der Waals surface area contributed by atoms with Crippen molar-refractivity contribution in [3.63, 3.8) is 0 Å². The molecule has 0 aliphatic heterocycles. The number of methoxy groups -OCH3 is 1. The quantitative estimate of drug-likeness (QED) is 0.732. The van der Waals surface area contributed by atoms with E-state index in [-0.39, 0.29) is 18.0 Å². The van der Waals surface area contributed by atoms with Crippen LogP contribution in [0.15, 0.2) is 0 Å². The summed E-state index contributed by atoms with van der Waals surface area (Å²) in [5.74, 6) is -0.941. The van der Waals surface area contributed by atoms with E-state index in [0.717, 1.165) is 12.8 Å². The number of aliphatic carboxylic acids is 1. The van der Waals surface area contributed by atoms with Crippen LogP contribution < -0.4 is 5.32 Å². The highest BCUT2D eigenvalue weighted by molar-refractivity contribution is 5.86. The van der Waals surface area contributed by atoms with Crippen LogP contribution in [0.5, 0.6) is 0 Å². The molecule has 0 radical (unpaired) electrons. The van der Waals surface area contributed by atoms with E-state index in [1.165, 1.54) is 0 Å². The van der Waals surface area contributed by atoms with E-state index in [4.69, 9.17) is 4.74 Å². The Morgan fingerprint density at radius 3 is 2.47 bits per heavy atom. The minimum Gasteiger partial charge on any atom is -0.480 e. The van der Waals surface area contributed by atoms with Gasteiger partial charge in [0, 0.05) is 13.7 Å². The Hall–Kier alpha value is -1.30. The Morgan fingerprint density at radius 1 is 1.53 bits per heavy atom. The van der Waals surface area contributed by atoms with E-state index >= 15 is 0 Å². The number of hydrogen-bond donors (Lipinski definition) is 2. The van der Waals surface area contributed by atoms with Crippen molar-refractivity contribution in [2.24, 2.45) is 5.92 Å². The van der Waals surface area contributed by atoms with Crippen LogP contribution in [0, 0.1) is 5.92 Å². The van der Waals surface area contributed by atoms with Gasteiger partial charge in [-0.15, -0.1) is 0 Å². The standard InChI is InChI=1S/C13H24N2O4/c1-5-15(9(2)8-19-4)12(18)14-13(3,11(16)17)10-6-7-10/h9-10H,5-8H2,1-4H3,(H,14,18)(H,16,17). The van der Waals surface area contributed by atoms with Crippen molar-refractivity contribution in [1.29, 1.82) is 0 Å². The summed E-state index contributed by atoms with van der Waals surface area (Å²) in [5, 5.41) is 12.0. The molecule has 1 aliphatic carbocycles. The summed E-state index contributed by atoms with van der Waals surface area (Å²) in [4.78, 5) is 25.2. The van der Waals surface area contributed by atoms with Crippen LogP contribution in [0.2, 0.25) is 0 Å². The average molecular weight is 272 g/mol. The lowest BCUT2D eigenvalue weighted by molar-refractivity contribution is -0.144. The van der Waals surface area contributed by atoms with Crippen molar-refractivity contribution in [3.05, 3.63) is 0 Å². The van der Waals surface area contributed by atoms with Gasteiger partial charge in [0.1, 0.15) is 5.54 Å². The first-order chi connectivity index (χ1) is 8.86. The number of carboxylic acid groups (broad SMARTS) is 1. The molecule has 0 aromatic rings. The number of urea groups is 1. The highest BCUT2D eigenvalue weighted by Crippen LogP contribution is 2.39. The van der Waals surface area contributed by atoms with Gasteiger partial charge >= 0.3 is 12.0 Å². The fourth-order valence-electron chi connectivity index (χ4n) is 2.27. The fraction of sp³-hybridized carbons (Fsp3) is 0.846. The second-order valence-corrected chi connectivity index (χ2v) is 5.30. The molecular weight excluding hydrogens is 248 g/mol. The van der Waals surface area contributed by atoms with Crippen LogP contribution in [0.3, 0.4) is 0 Å². The number of carbonyl (C=O) groups is 2. The number of amides is 2. The minimum absolute atomic E-state index is 0.0328. The maximum Gasteiger partial charge on any atom is 0.329 e. The molecule has 0 saturated heterocycles. The van der Waals surface area contributed by atoms with Crippen molar-refractivity contribution in [1.82, 2.24) is 10.2 Å². The summed E-state index contributed by atoms with van der Waals surface area (Å²) in [7, 11) is 1.58. The number of hydrogen-bond acceptors (Lipinski definition) is 3. The van der Waals surface area contributed by atoms with Crippen molar-refractivity contribution < 1.29 is 19.4 Å². The highest BCUT2D eigenvalue weighted by atomic mass is 16.5. The molecule has 1 aliphatic rings. The van der Waals surface area contributed by atoms with Gasteiger partial charge in [-0.1, -0.05) is 0 Å². The maximum atomic E-state index is 12.2. The highest BCUT2D eigenvalue weighted by Gasteiger charge is 2.49. The Labute approximate surface area is 114 Å². The van der Waals surface area contributed by atoms with Gasteiger partial charge in [0.25, 0.3) is 0 Å². The van der Waals surface area contributed by atoms with Gasteiger partial charge in [0.05, 0.1) is 12.6 Å². The Balaban J connectivity index is 2.72. The first-order valence-corrected chi connectivity index (χ1v) is 6.67. The van der Waals surface area contributed by atoms with Crippen molar-refractivity contribution in [3.8, 4) is 0 Å². The lowest BCUT2D eigenvalue weighted by atomic mass is 9.96. The molecule has 2 unspecified atom stereocenters. The Morgan fingerprint density at radius 2 is 2.11 bits per heavy atom. The van der Waals surface area contributed by atoms with Crippen molar-refractivity contribution in [2.45, 2.75) is 45.2 Å². The molecule has 2 N–H and O–H groups in total. The molecule has 2 atom stereocenters. The van der Waals surface area contributed by atoms with Crippen molar-refractivity contribution in [2.75, 3.05) is 20.3 Å². The largest absolute Gasteiger partial charge is 0.480 e. The van der Waals surface area contributed by atoms with Gasteiger partial charge in [0.2, 0.25) is 0 Å². The number of carbonyl (C=O) groups excluding carboxylic acids is 1. The number of carboxylic acids is 1. The topological polar surface area (TPSA) is 78.9 Å². The molecule has 1 rings (SSSR count). The summed E-state index contributed by atoms with van der Waals surface area (Å²) >= 11 is 0. The second-order valence-electron chi connectivity index (χ2n) is 5.30. The maximum absolute atomic E-state index is 12.2. The van der Waals surface area contributed by atoms with Crippen LogP contribution in [-0.4, -0.2) is 53.8 Å². The predicted octanol–water partition coefficient (Wildman–Crippen LogP) is 1.31. The van der Waals surface area contributed by atoms with Gasteiger partial charge in [0.15, 0.2) is 0 Å². The Bertz CT molecular complexity index is 344. The molecule has 2 amide bonds. The number of nitrogens with one attached hydrogen (secondary N) is 1. The molecular formula is C13H24N2O4. The fourth-order valence-corrected chi connectivity index (χ4v) is 2.27. The lowest BCUT2D eigenvalue weighted by Crippen LogP contribution is -2.59. The van der Waals surface area contributed by atoms with Gasteiger partial charge in [-0.05, 0) is 39.5 Å². The lowest BCUT2D eigenvalue weighted by Gasteiger charge is -2.33. The number of ether oxygens (including phenoxy) is 1. The monoisotopic (exact) mass is 272 g/mol. The van der Waals surface area contributed by atoms with E-state index in [9.17, 15) is 14.7 Å². The number of likely N-dealkylation sites (N-methyl/N-ethyl adjacent to an activating group) is 1.